The Morgan fingerprint density at radius 3 is 0.889 bits per heavy atom. The van der Waals surface area contributed by atoms with Crippen molar-refractivity contribution >= 4 is 19.8 Å². The predicted molar refractivity (Wildman–Crippen MR) is 254 cm³/mol. The third-order valence-corrected chi connectivity index (χ3v) is 22.6. The fraction of sp³-hybridized carbons (Fsp3) is 0.880. The number of carbonyl (C=O) groups is 1. The summed E-state index contributed by atoms with van der Waals surface area (Å²) in [5, 5.41) is 0.994. The molecule has 0 bridgehead atoms. The zero-order valence-electron chi connectivity index (χ0n) is 38.3. The summed E-state index contributed by atoms with van der Waals surface area (Å²) in [5.74, 6) is 0. The predicted octanol–water partition coefficient (Wildman–Crippen LogP) is 19.1. The molecule has 1 aliphatic rings. The summed E-state index contributed by atoms with van der Waals surface area (Å²) < 4.78 is 0. The second kappa shape index (κ2) is 46.2. The van der Waals surface area contributed by atoms with Gasteiger partial charge in [-0.3, -0.25) is 6.08 Å². The minimum atomic E-state index is -1.59. The van der Waals surface area contributed by atoms with E-state index in [9.17, 15) is 0 Å². The molecule has 0 aliphatic heterocycles. The molecular weight excluding hydrogens is 733 g/mol. The molecule has 0 fully saturated rings. The topological polar surface area (TPSA) is 17.1 Å². The Bertz CT molecular complexity index is 669. The number of unbranched alkanes of at least 4 members (excludes halogenated alkanes) is 23. The summed E-state index contributed by atoms with van der Waals surface area (Å²) in [5.41, 5.74) is 0. The van der Waals surface area contributed by atoms with Crippen molar-refractivity contribution < 1.29 is 21.9 Å². The van der Waals surface area contributed by atoms with Gasteiger partial charge in [-0.1, -0.05) is 158 Å². The van der Waals surface area contributed by atoms with Crippen LogP contribution in [0.1, 0.15) is 248 Å². The number of hydrogen-bond acceptors (Lipinski definition) is 1. The first-order valence-electron chi connectivity index (χ1n) is 24.2. The molecule has 0 atom stereocenters. The Hall–Kier alpha value is 0.529. The number of allylic oxidation sites excluding steroid dienone is 4. The zero-order chi connectivity index (χ0) is 39.6. The SMILES string of the molecule is CCCCCC[P+](CCCCCC)(CCCCCC)C(=O)[P+](CCCCCC)(CCCCCC)CCCCCC.[C-]1=CC=CC1.[CH2-]CCCCCCC.[Mn+2]. The fourth-order valence-electron chi connectivity index (χ4n) is 7.86. The number of hydrogen-bond donors (Lipinski definition) is 0. The molecular formula is C50H100MnOP2+2. The largest absolute Gasteiger partial charge is 2.00 e. The Labute approximate surface area is 355 Å². The van der Waals surface area contributed by atoms with Gasteiger partial charge in [-0.05, 0) is 77.0 Å². The Balaban J connectivity index is -0.00000155. The molecule has 1 aliphatic carbocycles. The molecule has 0 spiro atoms. The van der Waals surface area contributed by atoms with E-state index in [4.69, 9.17) is 0 Å². The van der Waals surface area contributed by atoms with Crippen LogP contribution in [0.2, 0.25) is 0 Å². The third kappa shape index (κ3) is 33.5. The summed E-state index contributed by atoms with van der Waals surface area (Å²) in [7, 11) is -3.17. The average Bonchev–Trinajstić information content (AvgIpc) is 3.78. The van der Waals surface area contributed by atoms with Crippen LogP contribution in [0, 0.1) is 13.0 Å². The van der Waals surface area contributed by atoms with E-state index in [0.717, 1.165) is 18.1 Å². The van der Waals surface area contributed by atoms with Gasteiger partial charge in [0.25, 0.3) is 0 Å². The van der Waals surface area contributed by atoms with E-state index in [2.05, 4.69) is 67.5 Å². The van der Waals surface area contributed by atoms with Crippen molar-refractivity contribution in [3.8, 4) is 0 Å². The van der Waals surface area contributed by atoms with Crippen LogP contribution in [-0.2, 0) is 17.1 Å². The smallest absolute Gasteiger partial charge is 0.343 e. The van der Waals surface area contributed by atoms with E-state index in [1.165, 1.54) is 223 Å². The van der Waals surface area contributed by atoms with Crippen LogP contribution < -0.4 is 0 Å². The molecule has 1 radical (unpaired) electrons. The van der Waals surface area contributed by atoms with E-state index in [1.54, 1.807) is 0 Å². The van der Waals surface area contributed by atoms with E-state index in [0.29, 0.717) is 0 Å². The van der Waals surface area contributed by atoms with Gasteiger partial charge in [0.2, 0.25) is 0 Å². The van der Waals surface area contributed by atoms with Gasteiger partial charge in [0, 0.05) is 0 Å². The molecule has 0 heterocycles. The Morgan fingerprint density at radius 1 is 0.444 bits per heavy atom. The van der Waals surface area contributed by atoms with Gasteiger partial charge >= 0.3 is 22.3 Å². The first-order valence-corrected chi connectivity index (χ1v) is 28.9. The van der Waals surface area contributed by atoms with Gasteiger partial charge in [0.15, 0.2) is 0 Å². The van der Waals surface area contributed by atoms with Gasteiger partial charge < -0.3 is 6.92 Å². The summed E-state index contributed by atoms with van der Waals surface area (Å²) in [6.45, 7) is 20.0. The van der Waals surface area contributed by atoms with Crippen LogP contribution in [0.4, 0.5) is 4.79 Å². The van der Waals surface area contributed by atoms with Crippen LogP contribution in [0.15, 0.2) is 18.2 Å². The molecule has 1 nitrogen and oxygen atoms in total. The summed E-state index contributed by atoms with van der Waals surface area (Å²) in [4.78, 5) is 15.6. The second-order valence-corrected chi connectivity index (χ2v) is 25.0. The van der Waals surface area contributed by atoms with Crippen molar-refractivity contribution in [2.45, 2.75) is 248 Å². The fourth-order valence-corrected chi connectivity index (χ4v) is 20.7. The minimum Gasteiger partial charge on any atom is -0.343 e. The molecule has 0 saturated carbocycles. The van der Waals surface area contributed by atoms with Gasteiger partial charge in [-0.15, -0.1) is 6.42 Å². The molecule has 0 N–H and O–H groups in total. The minimum absolute atomic E-state index is 0. The Morgan fingerprint density at radius 2 is 0.704 bits per heavy atom. The second-order valence-electron chi connectivity index (χ2n) is 16.5. The van der Waals surface area contributed by atoms with E-state index in [1.807, 2.05) is 12.2 Å². The van der Waals surface area contributed by atoms with Gasteiger partial charge in [0.1, 0.15) is 14.5 Å². The number of carbonyl (C=O) groups excluding carboxylic acids is 1. The molecule has 0 saturated heterocycles. The number of rotatable bonds is 37. The first kappa shape index (κ1) is 58.8. The first-order chi connectivity index (χ1) is 25.9. The van der Waals surface area contributed by atoms with Crippen LogP contribution >= 0.6 is 14.5 Å². The van der Waals surface area contributed by atoms with Crippen LogP contribution in [0.3, 0.4) is 0 Å². The molecule has 1 rings (SSSR count). The third-order valence-electron chi connectivity index (χ3n) is 11.4. The molecule has 54 heavy (non-hydrogen) atoms. The van der Waals surface area contributed by atoms with E-state index >= 15 is 4.79 Å². The van der Waals surface area contributed by atoms with Crippen LogP contribution in [0.5, 0.6) is 0 Å². The molecule has 0 aromatic heterocycles. The van der Waals surface area contributed by atoms with Crippen LogP contribution in [0.25, 0.3) is 0 Å². The molecule has 0 aromatic carbocycles. The quantitative estimate of drug-likeness (QED) is 0.0264. The van der Waals surface area contributed by atoms with Crippen molar-refractivity contribution in [3.63, 3.8) is 0 Å². The monoisotopic (exact) mass is 834 g/mol. The average molecular weight is 834 g/mol. The van der Waals surface area contributed by atoms with Gasteiger partial charge in [0.05, 0.1) is 37.0 Å². The summed E-state index contributed by atoms with van der Waals surface area (Å²) in [6.07, 6.45) is 57.8. The maximum atomic E-state index is 15.6. The molecule has 0 unspecified atom stereocenters. The maximum absolute atomic E-state index is 15.6. The van der Waals surface area contributed by atoms with Crippen molar-refractivity contribution in [3.05, 3.63) is 31.2 Å². The van der Waals surface area contributed by atoms with E-state index < -0.39 is 14.5 Å². The van der Waals surface area contributed by atoms with Crippen molar-refractivity contribution in [1.82, 2.24) is 0 Å². The zero-order valence-corrected chi connectivity index (χ0v) is 41.3. The molecule has 4 heteroatoms. The molecule has 321 valence electrons. The normalized spacial score (nSPS) is 12.2. The van der Waals surface area contributed by atoms with E-state index in [-0.39, 0.29) is 17.1 Å². The van der Waals surface area contributed by atoms with Gasteiger partial charge in [-0.2, -0.15) is 12.5 Å². The standard InChI is InChI=1S/C37H78OP2.C8H17.C5H5.Mn/c1-7-13-19-25-31-39(32-26-20-14-8-2,33-27-21-15-9-3)37(38)40(34-28-22-16-10-4,35-29-23-17-11-5)36-30-24-18-12-6;1-3-5-7-8-6-4-2;1-2-4-5-3-1;/h7-36H2,1-6H3;1,3-8H2,2H3;1-3H,4H2;/q+2;2*-1;+2. The molecule has 0 aromatic rings. The summed E-state index contributed by atoms with van der Waals surface area (Å²) >= 11 is 0. The van der Waals surface area contributed by atoms with Gasteiger partial charge in [-0.25, -0.2) is 16.9 Å². The maximum Gasteiger partial charge on any atom is 2.00 e. The Kier molecular flexibility index (Phi) is 50.4. The van der Waals surface area contributed by atoms with Crippen molar-refractivity contribution in [2.75, 3.05) is 37.0 Å². The van der Waals surface area contributed by atoms with Crippen LogP contribution in [-0.4, -0.2) is 42.2 Å². The molecule has 0 amide bonds. The summed E-state index contributed by atoms with van der Waals surface area (Å²) in [6, 6.07) is 0. The van der Waals surface area contributed by atoms with Crippen molar-refractivity contribution in [1.29, 1.82) is 0 Å². The van der Waals surface area contributed by atoms with Crippen molar-refractivity contribution in [2.24, 2.45) is 0 Å².